The van der Waals surface area contributed by atoms with E-state index in [1.54, 1.807) is 6.07 Å². The molecule has 1 aromatic carbocycles. The van der Waals surface area contributed by atoms with E-state index in [2.05, 4.69) is 12.2 Å². The van der Waals surface area contributed by atoms with Crippen LogP contribution in [0.1, 0.15) is 25.3 Å². The van der Waals surface area contributed by atoms with Crippen molar-refractivity contribution in [3.8, 4) is 11.8 Å². The fourth-order valence-electron chi connectivity index (χ4n) is 1.42. The fraction of sp³-hybridized carbons (Fsp3) is 0.385. The van der Waals surface area contributed by atoms with Crippen molar-refractivity contribution in [3.63, 3.8) is 0 Å². The highest BCUT2D eigenvalue weighted by atomic mass is 127. The summed E-state index contributed by atoms with van der Waals surface area (Å²) >= 11 is 2.03. The van der Waals surface area contributed by atoms with E-state index < -0.39 is 0 Å². The number of anilines is 1. The number of ether oxygens (including phenoxy) is 1. The Bertz CT molecular complexity index is 474. The number of amides is 1. The van der Waals surface area contributed by atoms with E-state index in [0.29, 0.717) is 23.5 Å². The lowest BCUT2D eigenvalue weighted by Gasteiger charge is -2.11. The first-order valence-corrected chi connectivity index (χ1v) is 7.05. The Morgan fingerprint density at radius 1 is 1.58 bits per heavy atom. The molecule has 0 aliphatic rings. The first kappa shape index (κ1) is 15.6. The number of nitrogens with two attached hydrogens (primary N) is 1. The summed E-state index contributed by atoms with van der Waals surface area (Å²) in [6.45, 7) is 2.64. The molecule has 3 N–H and O–H groups in total. The van der Waals surface area contributed by atoms with Crippen LogP contribution in [0.3, 0.4) is 0 Å². The normalized spacial score (nSPS) is 9.74. The van der Waals surface area contributed by atoms with Crippen molar-refractivity contribution in [1.29, 1.82) is 5.26 Å². The summed E-state index contributed by atoms with van der Waals surface area (Å²) in [4.78, 5) is 11.5. The molecule has 0 aromatic heterocycles. The first-order chi connectivity index (χ1) is 9.08. The van der Waals surface area contributed by atoms with Crippen LogP contribution in [0, 0.1) is 14.9 Å². The molecule has 0 unspecified atom stereocenters. The molecule has 19 heavy (non-hydrogen) atoms. The number of carbonyl (C=O) groups excluding carboxylic acids is 1. The molecule has 1 amide bonds. The van der Waals surface area contributed by atoms with Gasteiger partial charge in [-0.2, -0.15) is 5.26 Å². The van der Waals surface area contributed by atoms with Gasteiger partial charge in [-0.25, -0.2) is 0 Å². The quantitative estimate of drug-likeness (QED) is 0.454. The summed E-state index contributed by atoms with van der Waals surface area (Å²) in [5.41, 5.74) is 6.63. The molecule has 0 saturated carbocycles. The monoisotopic (exact) mass is 373 g/mol. The van der Waals surface area contributed by atoms with Crippen molar-refractivity contribution < 1.29 is 9.53 Å². The summed E-state index contributed by atoms with van der Waals surface area (Å²) in [6, 6.07) is 5.22. The van der Waals surface area contributed by atoms with Gasteiger partial charge in [-0.3, -0.25) is 4.79 Å². The Morgan fingerprint density at radius 3 is 2.89 bits per heavy atom. The van der Waals surface area contributed by atoms with E-state index in [-0.39, 0.29) is 12.5 Å². The third-order valence-electron chi connectivity index (χ3n) is 2.40. The minimum absolute atomic E-state index is 0.0736. The van der Waals surface area contributed by atoms with Gasteiger partial charge in [-0.05, 0) is 41.1 Å². The summed E-state index contributed by atoms with van der Waals surface area (Å²) in [7, 11) is 0. The largest absolute Gasteiger partial charge is 0.480 e. The zero-order valence-corrected chi connectivity index (χ0v) is 12.9. The number of halogens is 1. The van der Waals surface area contributed by atoms with Gasteiger partial charge in [0.25, 0.3) is 5.91 Å². The number of nitrogens with one attached hydrogen (secondary N) is 1. The van der Waals surface area contributed by atoms with Gasteiger partial charge in [0, 0.05) is 6.54 Å². The van der Waals surface area contributed by atoms with Crippen molar-refractivity contribution in [3.05, 3.63) is 21.3 Å². The molecule has 0 aliphatic carbocycles. The molecule has 0 atom stereocenters. The molecule has 5 nitrogen and oxygen atoms in total. The van der Waals surface area contributed by atoms with Crippen LogP contribution in [0.4, 0.5) is 5.69 Å². The Kier molecular flexibility index (Phi) is 6.42. The number of rotatable bonds is 6. The number of hydrogen-bond donors (Lipinski definition) is 2. The van der Waals surface area contributed by atoms with Crippen LogP contribution in [0.2, 0.25) is 0 Å². The van der Waals surface area contributed by atoms with Gasteiger partial charge in [0.1, 0.15) is 0 Å². The van der Waals surface area contributed by atoms with E-state index in [0.717, 1.165) is 16.4 Å². The Hall–Kier alpha value is -1.49. The maximum absolute atomic E-state index is 11.5. The van der Waals surface area contributed by atoms with Gasteiger partial charge in [0.15, 0.2) is 12.4 Å². The topological polar surface area (TPSA) is 88.1 Å². The van der Waals surface area contributed by atoms with Gasteiger partial charge < -0.3 is 15.8 Å². The lowest BCUT2D eigenvalue weighted by Crippen LogP contribution is -2.29. The second-order valence-electron chi connectivity index (χ2n) is 3.98. The van der Waals surface area contributed by atoms with Crippen molar-refractivity contribution in [2.45, 2.75) is 19.8 Å². The number of hydrogen-bond acceptors (Lipinski definition) is 4. The van der Waals surface area contributed by atoms with Crippen molar-refractivity contribution in [2.75, 3.05) is 18.9 Å². The summed E-state index contributed by atoms with van der Waals surface area (Å²) in [5, 5.41) is 11.6. The van der Waals surface area contributed by atoms with Crippen LogP contribution in [-0.4, -0.2) is 19.1 Å². The average molecular weight is 373 g/mol. The lowest BCUT2D eigenvalue weighted by atomic mass is 10.2. The van der Waals surface area contributed by atoms with Crippen LogP contribution < -0.4 is 15.8 Å². The highest BCUT2D eigenvalue weighted by molar-refractivity contribution is 14.1. The molecular formula is C13H16IN3O2. The van der Waals surface area contributed by atoms with E-state index in [1.807, 2.05) is 28.7 Å². The van der Waals surface area contributed by atoms with Gasteiger partial charge >= 0.3 is 0 Å². The second-order valence-corrected chi connectivity index (χ2v) is 5.14. The third-order valence-corrected chi connectivity index (χ3v) is 3.20. The van der Waals surface area contributed by atoms with Gasteiger partial charge in [-0.15, -0.1) is 0 Å². The summed E-state index contributed by atoms with van der Waals surface area (Å²) in [6.07, 6.45) is 1.98. The minimum Gasteiger partial charge on any atom is -0.480 e. The number of carbonyl (C=O) groups is 1. The molecule has 6 heteroatoms. The molecule has 102 valence electrons. The summed E-state index contributed by atoms with van der Waals surface area (Å²) < 4.78 is 6.12. The van der Waals surface area contributed by atoms with Crippen LogP contribution in [-0.2, 0) is 4.79 Å². The molecule has 0 heterocycles. The smallest absolute Gasteiger partial charge is 0.257 e. The molecule has 0 fully saturated rings. The molecular weight excluding hydrogens is 357 g/mol. The molecule has 1 rings (SSSR count). The Morgan fingerprint density at radius 2 is 2.32 bits per heavy atom. The molecule has 0 bridgehead atoms. The van der Waals surface area contributed by atoms with Crippen LogP contribution in [0.15, 0.2) is 12.1 Å². The molecule has 0 spiro atoms. The lowest BCUT2D eigenvalue weighted by molar-refractivity contribution is -0.123. The number of nitrogens with zero attached hydrogens (tertiary/aromatic N) is 1. The zero-order valence-electron chi connectivity index (χ0n) is 10.7. The van der Waals surface area contributed by atoms with Crippen molar-refractivity contribution >= 4 is 34.2 Å². The fourth-order valence-corrected chi connectivity index (χ4v) is 2.23. The third kappa shape index (κ3) is 4.95. The van der Waals surface area contributed by atoms with E-state index >= 15 is 0 Å². The number of nitriles is 1. The highest BCUT2D eigenvalue weighted by Gasteiger charge is 2.10. The Balaban J connectivity index is 2.59. The van der Waals surface area contributed by atoms with E-state index in [9.17, 15) is 4.79 Å². The first-order valence-electron chi connectivity index (χ1n) is 5.97. The average Bonchev–Trinajstić information content (AvgIpc) is 2.37. The van der Waals surface area contributed by atoms with Gasteiger partial charge in [0.2, 0.25) is 0 Å². The molecule has 0 saturated heterocycles. The molecule has 0 aliphatic heterocycles. The number of unbranched alkanes of at least 4 members (excludes halogenated alkanes) is 1. The standard InChI is InChI=1S/C13H16IN3O2/c1-2-3-4-17-12(18)8-19-13-10(14)5-9(7-15)6-11(13)16/h5-6H,2-4,8,16H2,1H3,(H,17,18). The highest BCUT2D eigenvalue weighted by Crippen LogP contribution is 2.29. The number of nitrogen functional groups attached to an aromatic ring is 1. The SMILES string of the molecule is CCCCNC(=O)COc1c(N)cc(C#N)cc1I. The Labute approximate surface area is 126 Å². The zero-order chi connectivity index (χ0) is 14.3. The van der Waals surface area contributed by atoms with Crippen LogP contribution in [0.25, 0.3) is 0 Å². The van der Waals surface area contributed by atoms with Gasteiger partial charge in [-0.1, -0.05) is 13.3 Å². The molecule has 0 radical (unpaired) electrons. The minimum atomic E-state index is -0.173. The molecule has 1 aromatic rings. The maximum atomic E-state index is 11.5. The van der Waals surface area contributed by atoms with Crippen LogP contribution >= 0.6 is 22.6 Å². The maximum Gasteiger partial charge on any atom is 0.257 e. The predicted molar refractivity (Wildman–Crippen MR) is 81.7 cm³/mol. The van der Waals surface area contributed by atoms with Gasteiger partial charge in [0.05, 0.1) is 20.9 Å². The van der Waals surface area contributed by atoms with Crippen molar-refractivity contribution in [1.82, 2.24) is 5.32 Å². The van der Waals surface area contributed by atoms with E-state index in [4.69, 9.17) is 15.7 Å². The predicted octanol–water partition coefficient (Wildman–Crippen LogP) is 2.04. The number of benzene rings is 1. The van der Waals surface area contributed by atoms with E-state index in [1.165, 1.54) is 6.07 Å². The van der Waals surface area contributed by atoms with Crippen LogP contribution in [0.5, 0.6) is 5.75 Å². The second kappa shape index (κ2) is 7.84. The van der Waals surface area contributed by atoms with Crippen molar-refractivity contribution in [2.24, 2.45) is 0 Å². The summed E-state index contributed by atoms with van der Waals surface area (Å²) in [5.74, 6) is 0.276.